The number of nitrogens with one attached hydrogen (secondary N) is 1. The van der Waals surface area contributed by atoms with Gasteiger partial charge in [0.15, 0.2) is 0 Å². The van der Waals surface area contributed by atoms with Crippen molar-refractivity contribution in [2.24, 2.45) is 5.73 Å². The molecule has 0 fully saturated rings. The van der Waals surface area contributed by atoms with E-state index in [1.807, 2.05) is 0 Å². The predicted octanol–water partition coefficient (Wildman–Crippen LogP) is 4.53. The highest BCUT2D eigenvalue weighted by atomic mass is 79.9. The zero-order valence-electron chi connectivity index (χ0n) is 9.45. The van der Waals surface area contributed by atoms with Crippen LogP contribution in [0, 0.1) is 0 Å². The first kappa shape index (κ1) is 14.5. The van der Waals surface area contributed by atoms with Crippen molar-refractivity contribution in [2.45, 2.75) is 0 Å². The number of hydrogen-bond acceptors (Lipinski definition) is 3. The van der Waals surface area contributed by atoms with Crippen LogP contribution in [-0.2, 0) is 0 Å². The Bertz CT molecular complexity index is 632. The first-order valence-corrected chi connectivity index (χ1v) is 7.11. The number of pyridine rings is 1. The van der Waals surface area contributed by atoms with Gasteiger partial charge in [-0.25, -0.2) is 4.98 Å². The van der Waals surface area contributed by atoms with Crippen LogP contribution >= 0.6 is 51.3 Å². The maximum absolute atomic E-state index is 6.14. The van der Waals surface area contributed by atoms with Crippen molar-refractivity contribution in [3.8, 4) is 0 Å². The van der Waals surface area contributed by atoms with Gasteiger partial charge in [0.25, 0.3) is 0 Å². The largest absolute Gasteiger partial charge is 0.389 e. The fourth-order valence-electron chi connectivity index (χ4n) is 1.37. The maximum atomic E-state index is 6.14. The van der Waals surface area contributed by atoms with Crippen molar-refractivity contribution in [2.75, 3.05) is 5.32 Å². The number of halogens is 3. The summed E-state index contributed by atoms with van der Waals surface area (Å²) in [6.07, 6.45) is 1.60. The molecule has 2 rings (SSSR count). The van der Waals surface area contributed by atoms with Gasteiger partial charge in [-0.3, -0.25) is 0 Å². The van der Waals surface area contributed by atoms with Gasteiger partial charge in [0.1, 0.15) is 10.8 Å². The van der Waals surface area contributed by atoms with E-state index in [0.29, 0.717) is 32.1 Å². The van der Waals surface area contributed by atoms with Gasteiger partial charge < -0.3 is 11.1 Å². The number of aromatic nitrogens is 1. The molecule has 98 valence electrons. The summed E-state index contributed by atoms with van der Waals surface area (Å²) in [6, 6.07) is 7.16. The molecule has 19 heavy (non-hydrogen) atoms. The van der Waals surface area contributed by atoms with Gasteiger partial charge in [-0.15, -0.1) is 0 Å². The number of nitrogens with zero attached hydrogens (tertiary/aromatic N) is 1. The molecule has 0 atom stereocenters. The van der Waals surface area contributed by atoms with Crippen LogP contribution in [0.4, 0.5) is 11.5 Å². The Labute approximate surface area is 134 Å². The first-order valence-electron chi connectivity index (χ1n) is 5.15. The van der Waals surface area contributed by atoms with Gasteiger partial charge in [0.2, 0.25) is 0 Å². The van der Waals surface area contributed by atoms with E-state index in [2.05, 4.69) is 26.2 Å². The van der Waals surface area contributed by atoms with E-state index in [-0.39, 0.29) is 0 Å². The van der Waals surface area contributed by atoms with Crippen LogP contribution < -0.4 is 11.1 Å². The topological polar surface area (TPSA) is 50.9 Å². The number of rotatable bonds is 3. The number of thiocarbonyl (C=S) groups is 1. The normalized spacial score (nSPS) is 10.3. The SMILES string of the molecule is NC(=S)c1ccc(Nc2ccc(Br)c(Cl)c2Cl)nc1. The third-order valence-electron chi connectivity index (χ3n) is 2.35. The molecule has 1 aromatic heterocycles. The molecule has 3 nitrogen and oxygen atoms in total. The van der Waals surface area contributed by atoms with Crippen LogP contribution in [-0.4, -0.2) is 9.97 Å². The summed E-state index contributed by atoms with van der Waals surface area (Å²) >= 11 is 20.3. The van der Waals surface area contributed by atoms with Gasteiger partial charge in [0.05, 0.1) is 15.7 Å². The smallest absolute Gasteiger partial charge is 0.130 e. The Morgan fingerprint density at radius 2 is 1.95 bits per heavy atom. The molecule has 0 aliphatic heterocycles. The van der Waals surface area contributed by atoms with Crippen LogP contribution in [0.5, 0.6) is 0 Å². The fraction of sp³-hybridized carbons (Fsp3) is 0. The molecule has 0 saturated heterocycles. The molecule has 3 N–H and O–H groups in total. The average Bonchev–Trinajstić information content (AvgIpc) is 2.40. The molecule has 7 heteroatoms. The summed E-state index contributed by atoms with van der Waals surface area (Å²) in [4.78, 5) is 4.51. The molecule has 2 aromatic rings. The summed E-state index contributed by atoms with van der Waals surface area (Å²) in [6.45, 7) is 0. The summed E-state index contributed by atoms with van der Waals surface area (Å²) in [5.74, 6) is 0.625. The second-order valence-corrected chi connectivity index (χ2v) is 5.69. The molecule has 0 bridgehead atoms. The number of hydrogen-bond donors (Lipinski definition) is 2. The van der Waals surface area contributed by atoms with Crippen molar-refractivity contribution in [3.63, 3.8) is 0 Å². The lowest BCUT2D eigenvalue weighted by Crippen LogP contribution is -2.09. The summed E-state index contributed by atoms with van der Waals surface area (Å²) < 4.78 is 0.738. The molecule has 0 saturated carbocycles. The van der Waals surface area contributed by atoms with Crippen molar-refractivity contribution in [1.29, 1.82) is 0 Å². The Balaban J connectivity index is 2.26. The molecular weight excluding hydrogens is 369 g/mol. The van der Waals surface area contributed by atoms with Gasteiger partial charge in [-0.05, 0) is 40.2 Å². The third-order valence-corrected chi connectivity index (χ3v) is 4.35. The van der Waals surface area contributed by atoms with E-state index in [9.17, 15) is 0 Å². The minimum absolute atomic E-state index is 0.309. The Morgan fingerprint density at radius 3 is 2.53 bits per heavy atom. The summed E-state index contributed by atoms with van der Waals surface area (Å²) in [7, 11) is 0. The van der Waals surface area contributed by atoms with Crippen molar-refractivity contribution in [3.05, 3.63) is 50.5 Å². The second-order valence-electron chi connectivity index (χ2n) is 3.64. The van der Waals surface area contributed by atoms with E-state index in [0.717, 1.165) is 4.47 Å². The van der Waals surface area contributed by atoms with E-state index in [1.54, 1.807) is 30.5 Å². The van der Waals surface area contributed by atoms with Crippen LogP contribution in [0.25, 0.3) is 0 Å². The van der Waals surface area contributed by atoms with Gasteiger partial charge >= 0.3 is 0 Å². The molecule has 0 aliphatic carbocycles. The number of anilines is 2. The average molecular weight is 377 g/mol. The zero-order chi connectivity index (χ0) is 14.0. The highest BCUT2D eigenvalue weighted by molar-refractivity contribution is 9.10. The Morgan fingerprint density at radius 1 is 1.21 bits per heavy atom. The van der Waals surface area contributed by atoms with Crippen LogP contribution in [0.15, 0.2) is 34.9 Å². The molecule has 0 aliphatic rings. The maximum Gasteiger partial charge on any atom is 0.130 e. The number of benzene rings is 1. The highest BCUT2D eigenvalue weighted by Crippen LogP contribution is 2.36. The van der Waals surface area contributed by atoms with Gasteiger partial charge in [0, 0.05) is 16.2 Å². The summed E-state index contributed by atoms with van der Waals surface area (Å²) in [5.41, 5.74) is 6.88. The molecule has 0 amide bonds. The standard InChI is InChI=1S/C12H8BrCl2N3S/c13-7-2-3-8(11(15)10(7)14)18-9-4-1-6(5-17-9)12(16)19/h1-5H,(H2,16,19)(H,17,18). The Hall–Kier alpha value is -0.880. The van der Waals surface area contributed by atoms with Gasteiger partial charge in [-0.2, -0.15) is 0 Å². The Kier molecular flexibility index (Phi) is 4.62. The van der Waals surface area contributed by atoms with E-state index >= 15 is 0 Å². The van der Waals surface area contributed by atoms with Crippen molar-refractivity contribution < 1.29 is 0 Å². The molecule has 1 aromatic carbocycles. The third kappa shape index (κ3) is 3.36. The van der Waals surface area contributed by atoms with E-state index in [1.165, 1.54) is 0 Å². The highest BCUT2D eigenvalue weighted by Gasteiger charge is 2.09. The second kappa shape index (κ2) is 6.05. The number of nitrogens with two attached hydrogens (primary N) is 1. The van der Waals surface area contributed by atoms with Crippen LogP contribution in [0.3, 0.4) is 0 Å². The quantitative estimate of drug-likeness (QED) is 0.610. The lowest BCUT2D eigenvalue weighted by Gasteiger charge is -2.10. The lowest BCUT2D eigenvalue weighted by molar-refractivity contribution is 1.30. The predicted molar refractivity (Wildman–Crippen MR) is 87.6 cm³/mol. The minimum Gasteiger partial charge on any atom is -0.389 e. The van der Waals surface area contributed by atoms with Crippen LogP contribution in [0.2, 0.25) is 10.0 Å². The molecule has 1 heterocycles. The lowest BCUT2D eigenvalue weighted by atomic mass is 10.2. The van der Waals surface area contributed by atoms with Gasteiger partial charge in [-0.1, -0.05) is 35.4 Å². The minimum atomic E-state index is 0.309. The molecule has 0 spiro atoms. The first-order chi connectivity index (χ1) is 8.99. The van der Waals surface area contributed by atoms with E-state index in [4.69, 9.17) is 41.2 Å². The van der Waals surface area contributed by atoms with Crippen molar-refractivity contribution >= 4 is 67.8 Å². The molecule has 0 radical (unpaired) electrons. The summed E-state index contributed by atoms with van der Waals surface area (Å²) in [5, 5.41) is 3.95. The zero-order valence-corrected chi connectivity index (χ0v) is 13.4. The monoisotopic (exact) mass is 375 g/mol. The molecule has 0 unspecified atom stereocenters. The van der Waals surface area contributed by atoms with E-state index < -0.39 is 0 Å². The van der Waals surface area contributed by atoms with Crippen molar-refractivity contribution in [1.82, 2.24) is 4.98 Å². The fourth-order valence-corrected chi connectivity index (χ4v) is 2.32. The molecular formula is C12H8BrCl2N3S. The van der Waals surface area contributed by atoms with Crippen LogP contribution in [0.1, 0.15) is 5.56 Å².